The molecule has 0 fully saturated rings. The maximum absolute atomic E-state index is 13.0. The van der Waals surface area contributed by atoms with Crippen LogP contribution in [0.5, 0.6) is 0 Å². The van der Waals surface area contributed by atoms with Crippen LogP contribution in [0.4, 0.5) is 15.8 Å². The zero-order valence-corrected chi connectivity index (χ0v) is 18.2. The van der Waals surface area contributed by atoms with Gasteiger partial charge in [-0.1, -0.05) is 32.9 Å². The predicted octanol–water partition coefficient (Wildman–Crippen LogP) is 3.90. The predicted molar refractivity (Wildman–Crippen MR) is 117 cm³/mol. The summed E-state index contributed by atoms with van der Waals surface area (Å²) in [7, 11) is -3.83. The lowest BCUT2D eigenvalue weighted by atomic mass is 9.96. The van der Waals surface area contributed by atoms with Crippen molar-refractivity contribution in [3.63, 3.8) is 0 Å². The maximum Gasteiger partial charge on any atom is 0.261 e. The summed E-state index contributed by atoms with van der Waals surface area (Å²) in [5.74, 6) is -0.0748. The van der Waals surface area contributed by atoms with Crippen molar-refractivity contribution < 1.29 is 17.6 Å². The van der Waals surface area contributed by atoms with Crippen LogP contribution in [0.3, 0.4) is 0 Å². The number of hydrogen-bond acceptors (Lipinski definition) is 5. The van der Waals surface area contributed by atoms with E-state index in [-0.39, 0.29) is 22.6 Å². The number of rotatable bonds is 6. The van der Waals surface area contributed by atoms with Gasteiger partial charge in [0.25, 0.3) is 10.0 Å². The molecule has 0 aliphatic carbocycles. The van der Waals surface area contributed by atoms with Crippen molar-refractivity contribution in [3.05, 3.63) is 78.1 Å². The molecule has 1 heterocycles. The monoisotopic (exact) mass is 442 g/mol. The molecule has 0 saturated carbocycles. The number of carbonyl (C=O) groups excluding carboxylic acids is 1. The Bertz CT molecular complexity index is 1160. The minimum absolute atomic E-state index is 0.0444. The second-order valence-corrected chi connectivity index (χ2v) is 9.71. The van der Waals surface area contributed by atoms with Crippen molar-refractivity contribution in [2.45, 2.75) is 37.5 Å². The molecule has 0 unspecified atom stereocenters. The number of sulfonamides is 1. The molecule has 0 aliphatic heterocycles. The van der Waals surface area contributed by atoms with Gasteiger partial charge < -0.3 is 5.32 Å². The third kappa shape index (κ3) is 6.08. The Hall–Kier alpha value is -3.33. The molecule has 0 saturated heterocycles. The fraction of sp³-hybridized carbons (Fsp3) is 0.227. The van der Waals surface area contributed by atoms with Gasteiger partial charge >= 0.3 is 0 Å². The first-order valence-corrected chi connectivity index (χ1v) is 11.0. The van der Waals surface area contributed by atoms with Crippen LogP contribution in [-0.2, 0) is 26.7 Å². The quantitative estimate of drug-likeness (QED) is 0.603. The van der Waals surface area contributed by atoms with E-state index in [2.05, 4.69) is 20.0 Å². The molecule has 3 rings (SSSR count). The van der Waals surface area contributed by atoms with Gasteiger partial charge in [-0.25, -0.2) is 22.8 Å². The van der Waals surface area contributed by atoms with Gasteiger partial charge in [0.05, 0.1) is 29.4 Å². The van der Waals surface area contributed by atoms with Crippen molar-refractivity contribution in [2.24, 2.45) is 0 Å². The first-order chi connectivity index (χ1) is 14.5. The summed E-state index contributed by atoms with van der Waals surface area (Å²) < 4.78 is 40.1. The van der Waals surface area contributed by atoms with Gasteiger partial charge in [-0.05, 0) is 42.0 Å². The Morgan fingerprint density at radius 2 is 1.52 bits per heavy atom. The third-order valence-corrected chi connectivity index (χ3v) is 5.70. The minimum atomic E-state index is -3.83. The summed E-state index contributed by atoms with van der Waals surface area (Å²) >= 11 is 0. The summed E-state index contributed by atoms with van der Waals surface area (Å²) in [6.07, 6.45) is 3.24. The number of carbonyl (C=O) groups is 1. The number of benzene rings is 2. The third-order valence-electron chi connectivity index (χ3n) is 4.30. The SMILES string of the molecule is CC(C)(C)c1ncc(NC(=O)Cc2ccc(NS(=O)(=O)c3ccc(F)cc3)cc2)cn1. The smallest absolute Gasteiger partial charge is 0.261 e. The van der Waals surface area contributed by atoms with Crippen molar-refractivity contribution >= 4 is 27.3 Å². The Morgan fingerprint density at radius 3 is 2.06 bits per heavy atom. The number of amides is 1. The average Bonchev–Trinajstić information content (AvgIpc) is 2.69. The Balaban J connectivity index is 1.60. The zero-order valence-electron chi connectivity index (χ0n) is 17.4. The van der Waals surface area contributed by atoms with E-state index in [0.717, 1.165) is 12.1 Å². The van der Waals surface area contributed by atoms with Crippen LogP contribution in [0, 0.1) is 5.82 Å². The molecular weight excluding hydrogens is 419 g/mol. The van der Waals surface area contributed by atoms with Crippen molar-refractivity contribution in [2.75, 3.05) is 10.0 Å². The van der Waals surface area contributed by atoms with E-state index in [4.69, 9.17) is 0 Å². The van der Waals surface area contributed by atoms with Crippen LogP contribution in [0.2, 0.25) is 0 Å². The summed E-state index contributed by atoms with van der Waals surface area (Å²) in [4.78, 5) is 20.8. The fourth-order valence-electron chi connectivity index (χ4n) is 2.69. The van der Waals surface area contributed by atoms with E-state index < -0.39 is 15.8 Å². The number of anilines is 2. The second kappa shape index (κ2) is 8.81. The van der Waals surface area contributed by atoms with Gasteiger partial charge in [-0.15, -0.1) is 0 Å². The number of nitrogens with one attached hydrogen (secondary N) is 2. The number of halogens is 1. The Kier molecular flexibility index (Phi) is 6.35. The molecule has 0 atom stereocenters. The van der Waals surface area contributed by atoms with Crippen molar-refractivity contribution in [1.29, 1.82) is 0 Å². The molecule has 2 N–H and O–H groups in total. The van der Waals surface area contributed by atoms with Gasteiger partial charge in [0.2, 0.25) is 5.91 Å². The molecule has 3 aromatic rings. The number of aromatic nitrogens is 2. The highest BCUT2D eigenvalue weighted by molar-refractivity contribution is 7.92. The lowest BCUT2D eigenvalue weighted by Gasteiger charge is -2.16. The summed E-state index contributed by atoms with van der Waals surface area (Å²) in [5, 5.41) is 2.74. The van der Waals surface area contributed by atoms with Gasteiger partial charge in [0.1, 0.15) is 11.6 Å². The number of hydrogen-bond donors (Lipinski definition) is 2. The van der Waals surface area contributed by atoms with Gasteiger partial charge in [0, 0.05) is 11.1 Å². The molecule has 0 radical (unpaired) electrons. The highest BCUT2D eigenvalue weighted by atomic mass is 32.2. The molecular formula is C22H23FN4O3S. The van der Waals surface area contributed by atoms with Gasteiger partial charge in [-0.3, -0.25) is 9.52 Å². The molecule has 0 bridgehead atoms. The second-order valence-electron chi connectivity index (χ2n) is 8.03. The van der Waals surface area contributed by atoms with Crippen LogP contribution in [0.25, 0.3) is 0 Å². The van der Waals surface area contributed by atoms with E-state index in [1.807, 2.05) is 20.8 Å². The van der Waals surface area contributed by atoms with E-state index in [0.29, 0.717) is 22.8 Å². The summed E-state index contributed by atoms with van der Waals surface area (Å²) in [6, 6.07) is 11.0. The molecule has 7 nitrogen and oxygen atoms in total. The largest absolute Gasteiger partial charge is 0.323 e. The summed E-state index contributed by atoms with van der Waals surface area (Å²) in [5.41, 5.74) is 1.36. The van der Waals surface area contributed by atoms with Crippen LogP contribution in [0.1, 0.15) is 32.2 Å². The zero-order chi connectivity index (χ0) is 22.6. The highest BCUT2D eigenvalue weighted by Crippen LogP contribution is 2.19. The molecule has 0 spiro atoms. The maximum atomic E-state index is 13.0. The van der Waals surface area contributed by atoms with Crippen LogP contribution in [0.15, 0.2) is 65.8 Å². The summed E-state index contributed by atoms with van der Waals surface area (Å²) in [6.45, 7) is 6.01. The van der Waals surface area contributed by atoms with E-state index in [9.17, 15) is 17.6 Å². The molecule has 9 heteroatoms. The number of nitrogens with zero attached hydrogens (tertiary/aromatic N) is 2. The molecule has 1 amide bonds. The van der Waals surface area contributed by atoms with Crippen LogP contribution < -0.4 is 10.0 Å². The molecule has 162 valence electrons. The molecule has 2 aromatic carbocycles. The molecule has 0 aliphatic rings. The average molecular weight is 443 g/mol. The topological polar surface area (TPSA) is 101 Å². The highest BCUT2D eigenvalue weighted by Gasteiger charge is 2.17. The normalized spacial score (nSPS) is 11.7. The van der Waals surface area contributed by atoms with Crippen LogP contribution >= 0.6 is 0 Å². The molecule has 1 aromatic heterocycles. The lowest BCUT2D eigenvalue weighted by Crippen LogP contribution is -2.18. The van der Waals surface area contributed by atoms with E-state index in [1.54, 1.807) is 36.7 Å². The van der Waals surface area contributed by atoms with E-state index in [1.165, 1.54) is 12.1 Å². The van der Waals surface area contributed by atoms with Gasteiger partial charge in [-0.2, -0.15) is 0 Å². The lowest BCUT2D eigenvalue weighted by molar-refractivity contribution is -0.115. The Labute approximate surface area is 180 Å². The minimum Gasteiger partial charge on any atom is -0.323 e. The first-order valence-electron chi connectivity index (χ1n) is 9.53. The van der Waals surface area contributed by atoms with Crippen molar-refractivity contribution in [3.8, 4) is 0 Å². The van der Waals surface area contributed by atoms with Crippen molar-refractivity contribution in [1.82, 2.24) is 9.97 Å². The van der Waals surface area contributed by atoms with Crippen LogP contribution in [-0.4, -0.2) is 24.3 Å². The molecule has 31 heavy (non-hydrogen) atoms. The standard InChI is InChI=1S/C22H23FN4O3S/c1-22(2,3)21-24-13-18(14-25-21)26-20(28)12-15-4-8-17(9-5-15)27-31(29,30)19-10-6-16(23)7-11-19/h4-11,13-14,27H,12H2,1-3H3,(H,26,28). The van der Waals surface area contributed by atoms with Gasteiger partial charge in [0.15, 0.2) is 0 Å². The first kappa shape index (κ1) is 22.4. The fourth-order valence-corrected chi connectivity index (χ4v) is 3.75. The van der Waals surface area contributed by atoms with E-state index >= 15 is 0 Å². The Morgan fingerprint density at radius 1 is 0.935 bits per heavy atom.